The van der Waals surface area contributed by atoms with Gasteiger partial charge in [-0.05, 0) is 56.1 Å². The molecule has 1 aromatic carbocycles. The summed E-state index contributed by atoms with van der Waals surface area (Å²) in [5.74, 6) is -0.825. The van der Waals surface area contributed by atoms with E-state index in [-0.39, 0.29) is 10.9 Å². The van der Waals surface area contributed by atoms with Gasteiger partial charge in [0.25, 0.3) is 5.91 Å². The molecule has 0 bridgehead atoms. The van der Waals surface area contributed by atoms with Crippen molar-refractivity contribution < 1.29 is 9.18 Å². The Hall–Kier alpha value is -0.430. The summed E-state index contributed by atoms with van der Waals surface area (Å²) < 4.78 is 14.6. The highest BCUT2D eigenvalue weighted by Gasteiger charge is 2.14. The lowest BCUT2D eigenvalue weighted by atomic mass is 10.2. The molecule has 0 atom stereocenters. The zero-order valence-corrected chi connectivity index (χ0v) is 13.4. The van der Waals surface area contributed by atoms with Gasteiger partial charge in [-0.25, -0.2) is 4.39 Å². The Morgan fingerprint density at radius 3 is 2.56 bits per heavy atom. The summed E-state index contributed by atoms with van der Waals surface area (Å²) in [5, 5.41) is 2.82. The van der Waals surface area contributed by atoms with E-state index in [2.05, 4.69) is 37.2 Å². The minimum atomic E-state index is -0.497. The molecule has 7 heteroatoms. The number of nitrogens with one attached hydrogen (secondary N) is 1. The number of halogens is 4. The van der Waals surface area contributed by atoms with E-state index in [1.54, 1.807) is 6.07 Å². The van der Waals surface area contributed by atoms with Crippen LogP contribution in [-0.2, 0) is 0 Å². The van der Waals surface area contributed by atoms with Crippen molar-refractivity contribution in [2.24, 2.45) is 0 Å². The highest BCUT2D eigenvalue weighted by molar-refractivity contribution is 9.12. The Morgan fingerprint density at radius 1 is 1.28 bits per heavy atom. The van der Waals surface area contributed by atoms with Crippen LogP contribution in [-0.4, -0.2) is 5.91 Å². The monoisotopic (exact) mass is 411 g/mol. The number of hydrogen-bond donors (Lipinski definition) is 1. The summed E-state index contributed by atoms with van der Waals surface area (Å²) in [7, 11) is 0. The van der Waals surface area contributed by atoms with Gasteiger partial charge in [0.15, 0.2) is 0 Å². The molecular weight excluding hydrogens is 408 g/mol. The predicted molar refractivity (Wildman–Crippen MR) is 79.1 cm³/mol. The zero-order valence-electron chi connectivity index (χ0n) is 8.64. The second kappa shape index (κ2) is 5.69. The standard InChI is InChI=1S/C11H5Br2ClFNOS/c12-9-4-8(10(13)18-9)11(17)16-7-2-5(14)1-6(15)3-7/h1-4H,(H,16,17). The third-order valence-electron chi connectivity index (χ3n) is 2.02. The maximum Gasteiger partial charge on any atom is 0.257 e. The Labute approximate surface area is 128 Å². The van der Waals surface area contributed by atoms with Gasteiger partial charge in [0, 0.05) is 10.7 Å². The third-order valence-corrected chi connectivity index (χ3v) is 4.58. The Balaban J connectivity index is 2.23. The highest BCUT2D eigenvalue weighted by Crippen LogP contribution is 2.32. The molecule has 1 amide bonds. The maximum absolute atomic E-state index is 13.1. The fraction of sp³-hybridized carbons (Fsp3) is 0. The summed E-state index contributed by atoms with van der Waals surface area (Å²) in [5.41, 5.74) is 0.798. The van der Waals surface area contributed by atoms with Crippen LogP contribution < -0.4 is 5.32 Å². The van der Waals surface area contributed by atoms with Gasteiger partial charge in [0.2, 0.25) is 0 Å². The normalized spacial score (nSPS) is 10.4. The zero-order chi connectivity index (χ0) is 13.3. The largest absolute Gasteiger partial charge is 0.322 e. The molecule has 0 aliphatic rings. The topological polar surface area (TPSA) is 29.1 Å². The molecule has 1 aromatic heterocycles. The minimum Gasteiger partial charge on any atom is -0.322 e. The first-order valence-electron chi connectivity index (χ1n) is 4.68. The molecule has 94 valence electrons. The first-order valence-corrected chi connectivity index (χ1v) is 7.46. The number of carbonyl (C=O) groups excluding carboxylic acids is 1. The lowest BCUT2D eigenvalue weighted by Gasteiger charge is -2.05. The minimum absolute atomic E-state index is 0.232. The van der Waals surface area contributed by atoms with Crippen LogP contribution in [0.1, 0.15) is 10.4 Å². The van der Waals surface area contributed by atoms with E-state index in [1.165, 1.54) is 29.5 Å². The van der Waals surface area contributed by atoms with Gasteiger partial charge in [-0.3, -0.25) is 4.79 Å². The molecule has 0 unspecified atom stereocenters. The SMILES string of the molecule is O=C(Nc1cc(F)cc(Cl)c1)c1cc(Br)sc1Br. The van der Waals surface area contributed by atoms with Gasteiger partial charge >= 0.3 is 0 Å². The number of benzene rings is 1. The first-order chi connectivity index (χ1) is 8.45. The highest BCUT2D eigenvalue weighted by atomic mass is 79.9. The first kappa shape index (κ1) is 14.0. The number of thiophene rings is 1. The third kappa shape index (κ3) is 3.32. The fourth-order valence-electron chi connectivity index (χ4n) is 1.32. The van der Waals surface area contributed by atoms with Crippen LogP contribution in [0.4, 0.5) is 10.1 Å². The Morgan fingerprint density at radius 2 is 2.00 bits per heavy atom. The number of carbonyl (C=O) groups is 1. The molecule has 0 saturated carbocycles. The van der Waals surface area contributed by atoms with Crippen LogP contribution in [0.3, 0.4) is 0 Å². The van der Waals surface area contributed by atoms with Gasteiger partial charge in [-0.1, -0.05) is 11.6 Å². The van der Waals surface area contributed by atoms with Crippen molar-refractivity contribution in [3.05, 3.63) is 48.2 Å². The van der Waals surface area contributed by atoms with E-state index in [1.807, 2.05) is 0 Å². The van der Waals surface area contributed by atoms with Crippen molar-refractivity contribution in [1.82, 2.24) is 0 Å². The van der Waals surface area contributed by atoms with Gasteiger partial charge in [0.1, 0.15) is 5.82 Å². The fourth-order valence-corrected chi connectivity index (χ4v) is 4.33. The Kier molecular flexibility index (Phi) is 4.42. The van der Waals surface area contributed by atoms with E-state index in [0.717, 1.165) is 3.79 Å². The van der Waals surface area contributed by atoms with Crippen LogP contribution in [0.15, 0.2) is 31.8 Å². The molecule has 1 N–H and O–H groups in total. The van der Waals surface area contributed by atoms with E-state index in [9.17, 15) is 9.18 Å². The lowest BCUT2D eigenvalue weighted by molar-refractivity contribution is 0.102. The average molecular weight is 413 g/mol. The van der Waals surface area contributed by atoms with Gasteiger partial charge in [0.05, 0.1) is 13.1 Å². The van der Waals surface area contributed by atoms with Gasteiger partial charge in [-0.2, -0.15) is 0 Å². The molecule has 0 aliphatic carbocycles. The number of hydrogen-bond acceptors (Lipinski definition) is 2. The van der Waals surface area contributed by atoms with Crippen LogP contribution >= 0.6 is 54.8 Å². The van der Waals surface area contributed by atoms with Gasteiger partial charge in [-0.15, -0.1) is 11.3 Å². The van der Waals surface area contributed by atoms with E-state index >= 15 is 0 Å². The smallest absolute Gasteiger partial charge is 0.257 e. The molecule has 0 radical (unpaired) electrons. The van der Waals surface area contributed by atoms with Crippen molar-refractivity contribution in [3.63, 3.8) is 0 Å². The van der Waals surface area contributed by atoms with E-state index in [4.69, 9.17) is 11.6 Å². The van der Waals surface area contributed by atoms with E-state index in [0.29, 0.717) is 15.0 Å². The number of anilines is 1. The molecule has 0 saturated heterocycles. The molecule has 2 nitrogen and oxygen atoms in total. The predicted octanol–water partition coefficient (Wildman–Crippen LogP) is 5.32. The molecule has 2 rings (SSSR count). The van der Waals surface area contributed by atoms with Crippen LogP contribution in [0.25, 0.3) is 0 Å². The van der Waals surface area contributed by atoms with Crippen LogP contribution in [0, 0.1) is 5.82 Å². The van der Waals surface area contributed by atoms with Crippen molar-refractivity contribution >= 4 is 66.4 Å². The molecule has 2 aromatic rings. The van der Waals surface area contributed by atoms with Crippen LogP contribution in [0.2, 0.25) is 5.02 Å². The summed E-state index contributed by atoms with van der Waals surface area (Å²) in [6.45, 7) is 0. The van der Waals surface area contributed by atoms with Crippen molar-refractivity contribution in [2.45, 2.75) is 0 Å². The number of rotatable bonds is 2. The average Bonchev–Trinajstić information content (AvgIpc) is 2.56. The maximum atomic E-state index is 13.1. The quantitative estimate of drug-likeness (QED) is 0.710. The Bertz CT molecular complexity index is 597. The second-order valence-corrected chi connectivity index (χ2v) is 7.54. The molecule has 0 aliphatic heterocycles. The van der Waals surface area contributed by atoms with E-state index < -0.39 is 5.82 Å². The molecular formula is C11H5Br2ClFNOS. The molecule has 1 heterocycles. The summed E-state index contributed by atoms with van der Waals surface area (Å²) >= 11 is 13.7. The molecule has 0 spiro atoms. The van der Waals surface area contributed by atoms with Crippen LogP contribution in [0.5, 0.6) is 0 Å². The molecule has 18 heavy (non-hydrogen) atoms. The summed E-state index contributed by atoms with van der Waals surface area (Å²) in [6.07, 6.45) is 0. The van der Waals surface area contributed by atoms with Crippen molar-refractivity contribution in [3.8, 4) is 0 Å². The number of amides is 1. The second-order valence-electron chi connectivity index (χ2n) is 3.35. The van der Waals surface area contributed by atoms with Crippen molar-refractivity contribution in [2.75, 3.05) is 5.32 Å². The van der Waals surface area contributed by atoms with Gasteiger partial charge < -0.3 is 5.32 Å². The summed E-state index contributed by atoms with van der Waals surface area (Å²) in [4.78, 5) is 12.0. The van der Waals surface area contributed by atoms with Crippen molar-refractivity contribution in [1.29, 1.82) is 0 Å². The summed E-state index contributed by atoms with van der Waals surface area (Å²) in [6, 6.07) is 5.55. The molecule has 0 fully saturated rings. The lowest BCUT2D eigenvalue weighted by Crippen LogP contribution is -2.11.